The predicted octanol–water partition coefficient (Wildman–Crippen LogP) is -2.41. The van der Waals surface area contributed by atoms with Gasteiger partial charge in [0.25, 0.3) is 0 Å². The van der Waals surface area contributed by atoms with E-state index in [1.54, 1.807) is 19.9 Å². The summed E-state index contributed by atoms with van der Waals surface area (Å²) in [6.07, 6.45) is -23.8. The molecule has 0 saturated carbocycles. The number of aliphatic hydroxyl groups excluding tert-OH is 10. The van der Waals surface area contributed by atoms with Gasteiger partial charge >= 0.3 is 0 Å². The third-order valence-electron chi connectivity index (χ3n) is 10.3. The van der Waals surface area contributed by atoms with E-state index >= 15 is 0 Å². The molecule has 0 radical (unpaired) electrons. The second-order valence-corrected chi connectivity index (χ2v) is 14.6. The van der Waals surface area contributed by atoms with E-state index in [2.05, 4.69) is 0 Å². The lowest BCUT2D eigenvalue weighted by Gasteiger charge is -2.45. The third-order valence-corrected chi connectivity index (χ3v) is 10.3. The minimum Gasteiger partial charge on any atom is -0.508 e. The van der Waals surface area contributed by atoms with Crippen molar-refractivity contribution in [2.45, 2.75) is 119 Å². The summed E-state index contributed by atoms with van der Waals surface area (Å²) >= 11 is 0. The second kappa shape index (κ2) is 17.7. The van der Waals surface area contributed by atoms with Crippen molar-refractivity contribution >= 4 is 11.0 Å². The largest absolute Gasteiger partial charge is 0.508 e. The Bertz CT molecular complexity index is 1980. The summed E-state index contributed by atoms with van der Waals surface area (Å²) in [5.74, 6) is -2.08. The Morgan fingerprint density at radius 1 is 0.724 bits per heavy atom. The van der Waals surface area contributed by atoms with E-state index < -0.39 is 128 Å². The van der Waals surface area contributed by atoms with Crippen LogP contribution in [0.3, 0.4) is 0 Å². The molecular weight excluding hydrogens is 776 g/mol. The summed E-state index contributed by atoms with van der Waals surface area (Å²) in [6, 6.07) is 6.28. The number of aromatic hydroxyl groups is 2. The first kappa shape index (κ1) is 43.6. The average molecular weight is 825 g/mol. The van der Waals surface area contributed by atoms with Gasteiger partial charge in [-0.05, 0) is 51.5 Å². The van der Waals surface area contributed by atoms with E-state index in [4.69, 9.17) is 32.8 Å². The molecule has 15 atom stereocenters. The number of fused-ring (bicyclic) bond motifs is 1. The first-order valence-corrected chi connectivity index (χ1v) is 18.4. The van der Waals surface area contributed by atoms with Crippen molar-refractivity contribution in [3.05, 3.63) is 57.8 Å². The van der Waals surface area contributed by atoms with Crippen molar-refractivity contribution in [2.24, 2.45) is 0 Å². The van der Waals surface area contributed by atoms with Crippen LogP contribution in [-0.2, 0) is 25.4 Å². The van der Waals surface area contributed by atoms with Gasteiger partial charge in [0.2, 0.25) is 23.8 Å². The second-order valence-electron chi connectivity index (χ2n) is 14.6. The topological polar surface area (TPSA) is 328 Å². The summed E-state index contributed by atoms with van der Waals surface area (Å²) in [7, 11) is 0. The first-order valence-electron chi connectivity index (χ1n) is 18.4. The van der Waals surface area contributed by atoms with Crippen molar-refractivity contribution in [1.29, 1.82) is 0 Å². The van der Waals surface area contributed by atoms with Crippen LogP contribution < -0.4 is 14.9 Å². The zero-order valence-electron chi connectivity index (χ0n) is 31.4. The molecular formula is C38H48O20. The SMILES string of the molecule is CC(C)=CCc1c(O[C@@H]2OC(CO)[C@@H](O)[C@H](O)C2O)cc(O)c2c(=O)c(O[C@@H]3OC(C)[C@H](O)[C@H](O)C3O[C@@H]3OC(CO)[C@@H](O)C(O)C3O)c(-c3ccc(O)cc3)oc12. The van der Waals surface area contributed by atoms with Gasteiger partial charge in [0, 0.05) is 17.2 Å². The molecule has 3 aromatic rings. The first-order chi connectivity index (χ1) is 27.5. The Balaban J connectivity index is 1.49. The van der Waals surface area contributed by atoms with Crippen molar-refractivity contribution in [3.8, 4) is 34.3 Å². The number of phenolic OH excluding ortho intramolecular Hbond substituents is 2. The quantitative estimate of drug-likeness (QED) is 0.0896. The molecule has 6 rings (SSSR count). The monoisotopic (exact) mass is 824 g/mol. The molecule has 0 aliphatic carbocycles. The predicted molar refractivity (Wildman–Crippen MR) is 194 cm³/mol. The average Bonchev–Trinajstić information content (AvgIpc) is 3.19. The van der Waals surface area contributed by atoms with Crippen molar-refractivity contribution < 1.29 is 94.1 Å². The molecule has 3 fully saturated rings. The minimum atomic E-state index is -1.95. The number of hydrogen-bond acceptors (Lipinski definition) is 20. The Kier molecular flexibility index (Phi) is 13.3. The number of hydrogen-bond donors (Lipinski definition) is 12. The van der Waals surface area contributed by atoms with Crippen LogP contribution in [0.1, 0.15) is 26.3 Å². The van der Waals surface area contributed by atoms with E-state index in [0.717, 1.165) is 11.6 Å². The van der Waals surface area contributed by atoms with Gasteiger partial charge in [0.1, 0.15) is 89.3 Å². The van der Waals surface area contributed by atoms with Gasteiger partial charge in [-0.3, -0.25) is 4.79 Å². The van der Waals surface area contributed by atoms with Crippen LogP contribution in [-0.4, -0.2) is 167 Å². The summed E-state index contributed by atoms with van der Waals surface area (Å²) in [5.41, 5.74) is -0.255. The zero-order valence-corrected chi connectivity index (χ0v) is 31.4. The lowest BCUT2D eigenvalue weighted by Crippen LogP contribution is -2.64. The number of aliphatic hydroxyl groups is 10. The minimum absolute atomic E-state index is 0.0215. The van der Waals surface area contributed by atoms with Crippen LogP contribution in [0.25, 0.3) is 22.3 Å². The molecule has 7 unspecified atom stereocenters. The molecule has 0 spiro atoms. The van der Waals surface area contributed by atoms with Crippen LogP contribution in [0.5, 0.6) is 23.0 Å². The van der Waals surface area contributed by atoms with Crippen LogP contribution in [0.4, 0.5) is 0 Å². The summed E-state index contributed by atoms with van der Waals surface area (Å²) in [6.45, 7) is 3.38. The highest BCUT2D eigenvalue weighted by molar-refractivity contribution is 5.91. The number of rotatable bonds is 11. The van der Waals surface area contributed by atoms with E-state index in [9.17, 15) is 66.1 Å². The molecule has 20 heteroatoms. The fourth-order valence-corrected chi connectivity index (χ4v) is 6.86. The van der Waals surface area contributed by atoms with Crippen LogP contribution >= 0.6 is 0 Å². The highest BCUT2D eigenvalue weighted by atomic mass is 16.8. The number of phenols is 2. The molecule has 0 bridgehead atoms. The Morgan fingerprint density at radius 2 is 1.31 bits per heavy atom. The maximum atomic E-state index is 14.7. The zero-order chi connectivity index (χ0) is 42.3. The maximum absolute atomic E-state index is 14.7. The highest BCUT2D eigenvalue weighted by Crippen LogP contribution is 2.42. The van der Waals surface area contributed by atoms with E-state index in [-0.39, 0.29) is 40.4 Å². The van der Waals surface area contributed by atoms with Gasteiger partial charge in [-0.15, -0.1) is 0 Å². The maximum Gasteiger partial charge on any atom is 0.239 e. The molecule has 12 N–H and O–H groups in total. The van der Waals surface area contributed by atoms with Crippen LogP contribution in [0, 0.1) is 0 Å². The molecule has 3 aliphatic heterocycles. The lowest BCUT2D eigenvalue weighted by molar-refractivity contribution is -0.355. The number of benzene rings is 2. The molecule has 4 heterocycles. The molecule has 0 amide bonds. The Morgan fingerprint density at radius 3 is 1.90 bits per heavy atom. The smallest absolute Gasteiger partial charge is 0.239 e. The van der Waals surface area contributed by atoms with Crippen molar-refractivity contribution in [3.63, 3.8) is 0 Å². The lowest BCUT2D eigenvalue weighted by atomic mass is 9.97. The van der Waals surface area contributed by atoms with Crippen LogP contribution in [0.2, 0.25) is 0 Å². The van der Waals surface area contributed by atoms with E-state index in [1.807, 2.05) is 0 Å². The fourth-order valence-electron chi connectivity index (χ4n) is 6.86. The van der Waals surface area contributed by atoms with Gasteiger partial charge in [0.15, 0.2) is 18.2 Å². The van der Waals surface area contributed by atoms with E-state index in [1.165, 1.54) is 31.2 Å². The Labute approximate surface area is 329 Å². The Hall–Kier alpha value is -3.97. The van der Waals surface area contributed by atoms with Crippen molar-refractivity contribution in [2.75, 3.05) is 13.2 Å². The number of allylic oxidation sites excluding steroid dienone is 2. The molecule has 20 nitrogen and oxygen atoms in total. The molecule has 3 saturated heterocycles. The van der Waals surface area contributed by atoms with Crippen LogP contribution in [0.15, 0.2) is 51.2 Å². The van der Waals surface area contributed by atoms with Gasteiger partial charge in [-0.25, -0.2) is 0 Å². The standard InChI is InChI=1S/C38H48O20/c1-13(2)4-9-17-19(53-36-30(50)27(47)24(44)20(11-39)54-36)10-18(42)22-26(46)34(32(56-33(17)22)15-5-7-16(41)8-6-15)57-38-35(29(49)23(43)14(3)52-38)58-37-31(51)28(48)25(45)21(12-40)55-37/h4-8,10,14,20-21,23-25,27-31,35-45,47-51H,9,11-12H2,1-3H3/t14?,20?,21?,23-,24+,25+,27-,28?,29-,30?,31?,35?,36+,37-,38-/m0/s1. The summed E-state index contributed by atoms with van der Waals surface area (Å²) in [4.78, 5) is 14.7. The fraction of sp³-hybridized carbons (Fsp3) is 0.553. The third kappa shape index (κ3) is 8.40. The van der Waals surface area contributed by atoms with Gasteiger partial charge in [-0.2, -0.15) is 0 Å². The molecule has 3 aliphatic rings. The van der Waals surface area contributed by atoms with E-state index in [0.29, 0.717) is 0 Å². The van der Waals surface area contributed by atoms with Gasteiger partial charge in [-0.1, -0.05) is 11.6 Å². The van der Waals surface area contributed by atoms with Gasteiger partial charge in [0.05, 0.1) is 19.3 Å². The number of ether oxygens (including phenoxy) is 6. The molecule has 2 aromatic carbocycles. The molecule has 320 valence electrons. The summed E-state index contributed by atoms with van der Waals surface area (Å²) in [5, 5.41) is 125. The molecule has 1 aromatic heterocycles. The van der Waals surface area contributed by atoms with Gasteiger partial charge < -0.3 is 94.1 Å². The highest BCUT2D eigenvalue weighted by Gasteiger charge is 2.51. The molecule has 58 heavy (non-hydrogen) atoms. The summed E-state index contributed by atoms with van der Waals surface area (Å²) < 4.78 is 41.1. The normalized spacial score (nSPS) is 35.4. The van der Waals surface area contributed by atoms with Crippen molar-refractivity contribution in [1.82, 2.24) is 0 Å².